The van der Waals surface area contributed by atoms with Gasteiger partial charge in [0.05, 0.1) is 0 Å². The molecule has 1 amide bonds. The van der Waals surface area contributed by atoms with Crippen LogP contribution in [0.4, 0.5) is 5.82 Å². The topological polar surface area (TPSA) is 57.3 Å². The highest BCUT2D eigenvalue weighted by Gasteiger charge is 2.10. The van der Waals surface area contributed by atoms with Gasteiger partial charge in [0.2, 0.25) is 0 Å². The number of amides is 1. The van der Waals surface area contributed by atoms with Crippen LogP contribution in [0.5, 0.6) is 0 Å². The van der Waals surface area contributed by atoms with Crippen molar-refractivity contribution in [3.63, 3.8) is 0 Å². The highest BCUT2D eigenvalue weighted by atomic mass is 16.1. The number of hydrogen-bond acceptors (Lipinski definition) is 4. The zero-order valence-corrected chi connectivity index (χ0v) is 11.5. The maximum absolute atomic E-state index is 11.9. The zero-order chi connectivity index (χ0) is 13.5. The van der Waals surface area contributed by atoms with Gasteiger partial charge < -0.3 is 15.5 Å². The number of likely N-dealkylation sites (N-methyl/N-ethyl adjacent to an activating group) is 1. The van der Waals surface area contributed by atoms with Gasteiger partial charge in [-0.2, -0.15) is 0 Å². The normalized spacial score (nSPS) is 12.3. The van der Waals surface area contributed by atoms with Crippen LogP contribution < -0.4 is 10.6 Å². The molecule has 0 aliphatic rings. The molecule has 1 rings (SSSR count). The summed E-state index contributed by atoms with van der Waals surface area (Å²) in [6.45, 7) is 5.45. The summed E-state index contributed by atoms with van der Waals surface area (Å²) in [6.07, 6.45) is 0. The van der Waals surface area contributed by atoms with Crippen LogP contribution in [0.2, 0.25) is 0 Å². The highest BCUT2D eigenvalue weighted by Crippen LogP contribution is 2.04. The SMILES string of the molecule is CCNc1cccc(C(=O)NCC(C)N(C)C)n1. The fourth-order valence-corrected chi connectivity index (χ4v) is 1.35. The Morgan fingerprint density at radius 1 is 1.44 bits per heavy atom. The summed E-state index contributed by atoms with van der Waals surface area (Å²) in [5.41, 5.74) is 0.444. The largest absolute Gasteiger partial charge is 0.370 e. The van der Waals surface area contributed by atoms with Crippen LogP contribution in [0, 0.1) is 0 Å². The molecule has 1 unspecified atom stereocenters. The Labute approximate surface area is 109 Å². The summed E-state index contributed by atoms with van der Waals surface area (Å²) in [4.78, 5) is 18.2. The molecule has 2 N–H and O–H groups in total. The van der Waals surface area contributed by atoms with Gasteiger partial charge in [-0.05, 0) is 40.1 Å². The molecule has 0 aliphatic heterocycles. The molecular weight excluding hydrogens is 228 g/mol. The predicted molar refractivity (Wildman–Crippen MR) is 73.9 cm³/mol. The van der Waals surface area contributed by atoms with Crippen LogP contribution in [0.25, 0.3) is 0 Å². The van der Waals surface area contributed by atoms with Crippen LogP contribution in [-0.2, 0) is 0 Å². The molecule has 1 heterocycles. The molecule has 0 spiro atoms. The Hall–Kier alpha value is -1.62. The van der Waals surface area contributed by atoms with Crippen molar-refractivity contribution >= 4 is 11.7 Å². The lowest BCUT2D eigenvalue weighted by Gasteiger charge is -2.19. The van der Waals surface area contributed by atoms with Crippen LogP contribution in [-0.4, -0.2) is 49.0 Å². The molecule has 0 aromatic carbocycles. The van der Waals surface area contributed by atoms with Gasteiger partial charge in [0.15, 0.2) is 0 Å². The lowest BCUT2D eigenvalue weighted by molar-refractivity contribution is 0.0939. The number of carbonyl (C=O) groups excluding carboxylic acids is 1. The van der Waals surface area contributed by atoms with E-state index in [1.807, 2.05) is 33.2 Å². The van der Waals surface area contributed by atoms with Crippen molar-refractivity contribution in [3.05, 3.63) is 23.9 Å². The second-order valence-electron chi connectivity index (χ2n) is 4.46. The molecule has 18 heavy (non-hydrogen) atoms. The minimum absolute atomic E-state index is 0.136. The number of carbonyl (C=O) groups is 1. The van der Waals surface area contributed by atoms with Crippen molar-refractivity contribution in [2.45, 2.75) is 19.9 Å². The summed E-state index contributed by atoms with van der Waals surface area (Å²) in [7, 11) is 3.97. The van der Waals surface area contributed by atoms with Crippen LogP contribution >= 0.6 is 0 Å². The third-order valence-corrected chi connectivity index (χ3v) is 2.78. The molecule has 0 radical (unpaired) electrons. The first-order valence-electron chi connectivity index (χ1n) is 6.20. The molecule has 100 valence electrons. The molecule has 0 fully saturated rings. The van der Waals surface area contributed by atoms with Crippen LogP contribution in [0.3, 0.4) is 0 Å². The Balaban J connectivity index is 2.58. The van der Waals surface area contributed by atoms with E-state index in [1.54, 1.807) is 6.07 Å². The number of nitrogens with zero attached hydrogens (tertiary/aromatic N) is 2. The number of aromatic nitrogens is 1. The van der Waals surface area contributed by atoms with Crippen LogP contribution in [0.1, 0.15) is 24.3 Å². The Morgan fingerprint density at radius 2 is 2.17 bits per heavy atom. The van der Waals surface area contributed by atoms with Crippen LogP contribution in [0.15, 0.2) is 18.2 Å². The van der Waals surface area contributed by atoms with Crippen molar-refractivity contribution < 1.29 is 4.79 Å². The number of pyridine rings is 1. The average molecular weight is 250 g/mol. The van der Waals surface area contributed by atoms with E-state index in [2.05, 4.69) is 27.4 Å². The smallest absolute Gasteiger partial charge is 0.270 e. The first kappa shape index (κ1) is 14.4. The third kappa shape index (κ3) is 4.33. The second-order valence-corrected chi connectivity index (χ2v) is 4.46. The molecule has 0 aliphatic carbocycles. The van der Waals surface area contributed by atoms with E-state index in [4.69, 9.17) is 0 Å². The van der Waals surface area contributed by atoms with Crippen molar-refractivity contribution in [3.8, 4) is 0 Å². The van der Waals surface area contributed by atoms with E-state index in [1.165, 1.54) is 0 Å². The fourth-order valence-electron chi connectivity index (χ4n) is 1.35. The minimum Gasteiger partial charge on any atom is -0.370 e. The van der Waals surface area contributed by atoms with Gasteiger partial charge in [0.1, 0.15) is 11.5 Å². The maximum atomic E-state index is 11.9. The number of nitrogens with one attached hydrogen (secondary N) is 2. The molecule has 5 nitrogen and oxygen atoms in total. The van der Waals surface area contributed by atoms with E-state index in [9.17, 15) is 4.79 Å². The molecule has 1 atom stereocenters. The van der Waals surface area contributed by atoms with Gasteiger partial charge in [-0.25, -0.2) is 4.98 Å². The minimum atomic E-state index is -0.136. The Bertz CT molecular complexity index is 392. The molecular formula is C13H22N4O. The van der Waals surface area contributed by atoms with E-state index in [0.717, 1.165) is 12.4 Å². The van der Waals surface area contributed by atoms with E-state index in [0.29, 0.717) is 18.3 Å². The van der Waals surface area contributed by atoms with Gasteiger partial charge >= 0.3 is 0 Å². The lowest BCUT2D eigenvalue weighted by Crippen LogP contribution is -2.38. The van der Waals surface area contributed by atoms with Gasteiger partial charge in [-0.15, -0.1) is 0 Å². The molecule has 5 heteroatoms. The molecule has 1 aromatic heterocycles. The summed E-state index contributed by atoms with van der Waals surface area (Å²) in [5, 5.41) is 5.97. The van der Waals surface area contributed by atoms with Gasteiger partial charge in [-0.3, -0.25) is 4.79 Å². The predicted octanol–water partition coefficient (Wildman–Crippen LogP) is 1.19. The van der Waals surface area contributed by atoms with Crippen molar-refractivity contribution in [1.82, 2.24) is 15.2 Å². The maximum Gasteiger partial charge on any atom is 0.270 e. The summed E-state index contributed by atoms with van der Waals surface area (Å²) < 4.78 is 0. The fraction of sp³-hybridized carbons (Fsp3) is 0.538. The number of rotatable bonds is 6. The number of anilines is 1. The van der Waals surface area contributed by atoms with Gasteiger partial charge in [0.25, 0.3) is 5.91 Å². The first-order chi connectivity index (χ1) is 8.54. The van der Waals surface area contributed by atoms with E-state index < -0.39 is 0 Å². The van der Waals surface area contributed by atoms with Gasteiger partial charge in [0, 0.05) is 19.1 Å². The van der Waals surface area contributed by atoms with Crippen molar-refractivity contribution in [2.24, 2.45) is 0 Å². The first-order valence-corrected chi connectivity index (χ1v) is 6.20. The van der Waals surface area contributed by atoms with Crippen molar-refractivity contribution in [2.75, 3.05) is 32.5 Å². The molecule has 0 bridgehead atoms. The molecule has 0 saturated heterocycles. The summed E-state index contributed by atoms with van der Waals surface area (Å²) >= 11 is 0. The highest BCUT2D eigenvalue weighted by molar-refractivity contribution is 5.92. The Kier molecular flexibility index (Phi) is 5.58. The summed E-state index contributed by atoms with van der Waals surface area (Å²) in [6, 6.07) is 5.69. The van der Waals surface area contributed by atoms with Gasteiger partial charge in [-0.1, -0.05) is 6.07 Å². The van der Waals surface area contributed by atoms with E-state index >= 15 is 0 Å². The number of hydrogen-bond donors (Lipinski definition) is 2. The average Bonchev–Trinajstić information content (AvgIpc) is 2.36. The molecule has 0 saturated carbocycles. The Morgan fingerprint density at radius 3 is 2.78 bits per heavy atom. The summed E-state index contributed by atoms with van der Waals surface area (Å²) in [5.74, 6) is 0.592. The van der Waals surface area contributed by atoms with E-state index in [-0.39, 0.29) is 5.91 Å². The van der Waals surface area contributed by atoms with Crippen molar-refractivity contribution in [1.29, 1.82) is 0 Å². The quantitative estimate of drug-likeness (QED) is 0.796. The third-order valence-electron chi connectivity index (χ3n) is 2.78. The monoisotopic (exact) mass is 250 g/mol. The second kappa shape index (κ2) is 6.96. The standard InChI is InChI=1S/C13H22N4O/c1-5-14-12-8-6-7-11(16-12)13(18)15-9-10(2)17(3)4/h6-8,10H,5,9H2,1-4H3,(H,14,16)(H,15,18). The molecule has 1 aromatic rings. The zero-order valence-electron chi connectivity index (χ0n) is 11.5. The lowest BCUT2D eigenvalue weighted by atomic mass is 10.3.